The molecule has 2 N–H and O–H groups in total. The lowest BCUT2D eigenvalue weighted by Gasteiger charge is -2.22. The molecular weight excluding hydrogens is 276 g/mol. The van der Waals surface area contributed by atoms with Gasteiger partial charge < -0.3 is 4.90 Å². The maximum Gasteiger partial charge on any atom is 0.232 e. The fourth-order valence-electron chi connectivity index (χ4n) is 2.49. The number of amides is 1. The molecule has 1 aromatic rings. The van der Waals surface area contributed by atoms with Crippen LogP contribution >= 0.6 is 0 Å². The first-order valence-corrected chi connectivity index (χ1v) is 7.85. The van der Waals surface area contributed by atoms with E-state index in [0.29, 0.717) is 6.54 Å². The van der Waals surface area contributed by atoms with Gasteiger partial charge in [-0.1, -0.05) is 19.1 Å². The van der Waals surface area contributed by atoms with Crippen LogP contribution in [-0.2, 0) is 21.6 Å². The van der Waals surface area contributed by atoms with Gasteiger partial charge in [0.05, 0.1) is 5.54 Å². The van der Waals surface area contributed by atoms with Gasteiger partial charge in [0.25, 0.3) is 0 Å². The third-order valence-electron chi connectivity index (χ3n) is 3.68. The van der Waals surface area contributed by atoms with Crippen LogP contribution in [0.5, 0.6) is 0 Å². The molecule has 1 amide bonds. The maximum atomic E-state index is 11.1. The Labute approximate surface area is 121 Å². The number of hydrogen-bond acceptors (Lipinski definition) is 2. The minimum absolute atomic E-state index is 0.375. The molecule has 1 aromatic carbocycles. The van der Waals surface area contributed by atoms with E-state index in [9.17, 15) is 9.00 Å². The molecule has 20 heavy (non-hydrogen) atoms. The largest absolute Gasteiger partial charge is 0.315 e. The SMILES string of the molecule is CCCN(C=O)c1ccc(C2(NS(=O)O)CC2)cc1C. The van der Waals surface area contributed by atoms with E-state index >= 15 is 0 Å². The van der Waals surface area contributed by atoms with Gasteiger partial charge in [-0.25, -0.2) is 8.93 Å². The second-order valence-corrected chi connectivity index (χ2v) is 5.94. The quantitative estimate of drug-likeness (QED) is 0.598. The van der Waals surface area contributed by atoms with Crippen molar-refractivity contribution in [2.75, 3.05) is 11.4 Å². The van der Waals surface area contributed by atoms with Gasteiger partial charge in [-0.05, 0) is 43.4 Å². The van der Waals surface area contributed by atoms with Gasteiger partial charge >= 0.3 is 0 Å². The normalized spacial score (nSPS) is 17.6. The lowest BCUT2D eigenvalue weighted by Crippen LogP contribution is -2.30. The second-order valence-electron chi connectivity index (χ2n) is 5.23. The van der Waals surface area contributed by atoms with Crippen molar-refractivity contribution in [2.24, 2.45) is 0 Å². The van der Waals surface area contributed by atoms with Crippen LogP contribution in [-0.4, -0.2) is 21.7 Å². The average Bonchev–Trinajstić information content (AvgIpc) is 3.16. The number of nitrogens with zero attached hydrogens (tertiary/aromatic N) is 1. The zero-order valence-corrected chi connectivity index (χ0v) is 12.6. The first-order valence-electron chi connectivity index (χ1n) is 6.74. The van der Waals surface area contributed by atoms with Crippen molar-refractivity contribution in [1.29, 1.82) is 0 Å². The first kappa shape index (κ1) is 15.2. The summed E-state index contributed by atoms with van der Waals surface area (Å²) in [5.41, 5.74) is 2.52. The summed E-state index contributed by atoms with van der Waals surface area (Å²) >= 11 is -2.01. The summed E-state index contributed by atoms with van der Waals surface area (Å²) in [4.78, 5) is 12.8. The van der Waals surface area contributed by atoms with Crippen molar-refractivity contribution >= 4 is 23.4 Å². The van der Waals surface area contributed by atoms with E-state index in [1.165, 1.54) is 0 Å². The fraction of sp³-hybridized carbons (Fsp3) is 0.500. The third kappa shape index (κ3) is 3.08. The smallest absolute Gasteiger partial charge is 0.232 e. The van der Waals surface area contributed by atoms with Gasteiger partial charge in [-0.15, -0.1) is 0 Å². The van der Waals surface area contributed by atoms with Crippen LogP contribution in [0.1, 0.15) is 37.3 Å². The molecule has 1 saturated carbocycles. The van der Waals surface area contributed by atoms with Gasteiger partial charge in [0, 0.05) is 12.2 Å². The summed E-state index contributed by atoms with van der Waals surface area (Å²) in [6, 6.07) is 5.84. The highest BCUT2D eigenvalue weighted by atomic mass is 32.2. The van der Waals surface area contributed by atoms with Crippen molar-refractivity contribution in [3.05, 3.63) is 29.3 Å². The predicted molar refractivity (Wildman–Crippen MR) is 79.7 cm³/mol. The Hall–Kier alpha value is -1.24. The Balaban J connectivity index is 2.26. The number of benzene rings is 1. The molecule has 1 aliphatic rings. The van der Waals surface area contributed by atoms with E-state index in [4.69, 9.17) is 4.55 Å². The van der Waals surface area contributed by atoms with Crippen LogP contribution < -0.4 is 9.62 Å². The van der Waals surface area contributed by atoms with Crippen LogP contribution in [0.2, 0.25) is 0 Å². The molecule has 5 nitrogen and oxygen atoms in total. The number of hydrogen-bond donors (Lipinski definition) is 2. The molecule has 0 spiro atoms. The Morgan fingerprint density at radius 2 is 2.20 bits per heavy atom. The molecule has 0 radical (unpaired) electrons. The number of rotatable bonds is 7. The average molecular weight is 296 g/mol. The van der Waals surface area contributed by atoms with E-state index in [2.05, 4.69) is 4.72 Å². The van der Waals surface area contributed by atoms with Crippen molar-refractivity contribution in [1.82, 2.24) is 4.72 Å². The summed E-state index contributed by atoms with van der Waals surface area (Å²) in [5, 5.41) is 0. The van der Waals surface area contributed by atoms with E-state index in [1.807, 2.05) is 32.0 Å². The lowest BCUT2D eigenvalue weighted by atomic mass is 10.0. The van der Waals surface area contributed by atoms with Gasteiger partial charge in [0.1, 0.15) is 0 Å². The molecule has 1 atom stereocenters. The number of aryl methyl sites for hydroxylation is 1. The standard InChI is InChI=1S/C14H20N2O3S/c1-3-8-16(10-17)13-5-4-12(9-11(13)2)14(6-7-14)15-20(18)19/h4-5,9-10,15H,3,6-8H2,1-2H3,(H,18,19). The zero-order valence-electron chi connectivity index (χ0n) is 11.8. The predicted octanol–water partition coefficient (Wildman–Crippen LogP) is 2.08. The number of anilines is 1. The van der Waals surface area contributed by atoms with E-state index in [0.717, 1.165) is 42.5 Å². The van der Waals surface area contributed by atoms with Crippen LogP contribution in [0.3, 0.4) is 0 Å². The summed E-state index contributed by atoms with van der Waals surface area (Å²) in [5.74, 6) is 0. The molecule has 2 rings (SSSR count). The van der Waals surface area contributed by atoms with E-state index in [1.54, 1.807) is 4.90 Å². The molecule has 0 heterocycles. The van der Waals surface area contributed by atoms with E-state index < -0.39 is 11.3 Å². The topological polar surface area (TPSA) is 69.6 Å². The van der Waals surface area contributed by atoms with Crippen LogP contribution in [0.4, 0.5) is 5.69 Å². The highest BCUT2D eigenvalue weighted by molar-refractivity contribution is 7.77. The van der Waals surface area contributed by atoms with Crippen molar-refractivity contribution < 1.29 is 13.6 Å². The molecule has 1 aliphatic carbocycles. The summed E-state index contributed by atoms with van der Waals surface area (Å²) in [7, 11) is 0. The minimum atomic E-state index is -2.01. The molecule has 6 heteroatoms. The number of carbonyl (C=O) groups excluding carboxylic acids is 1. The maximum absolute atomic E-state index is 11.1. The highest BCUT2D eigenvalue weighted by Crippen LogP contribution is 2.46. The highest BCUT2D eigenvalue weighted by Gasteiger charge is 2.45. The van der Waals surface area contributed by atoms with E-state index in [-0.39, 0.29) is 5.54 Å². The molecule has 0 aromatic heterocycles. The molecule has 0 aliphatic heterocycles. The molecule has 1 unspecified atom stereocenters. The Bertz CT molecular complexity index is 529. The van der Waals surface area contributed by atoms with Crippen LogP contribution in [0.15, 0.2) is 18.2 Å². The number of nitrogens with one attached hydrogen (secondary N) is 1. The second kappa shape index (κ2) is 6.03. The Morgan fingerprint density at radius 1 is 1.50 bits per heavy atom. The Kier molecular flexibility index (Phi) is 4.57. The van der Waals surface area contributed by atoms with Crippen molar-refractivity contribution in [2.45, 2.75) is 38.6 Å². The van der Waals surface area contributed by atoms with Gasteiger partial charge in [0.15, 0.2) is 0 Å². The van der Waals surface area contributed by atoms with Crippen molar-refractivity contribution in [3.8, 4) is 0 Å². The van der Waals surface area contributed by atoms with Crippen molar-refractivity contribution in [3.63, 3.8) is 0 Å². The van der Waals surface area contributed by atoms with Gasteiger partial charge in [-0.3, -0.25) is 9.35 Å². The van der Waals surface area contributed by atoms with Gasteiger partial charge in [0.2, 0.25) is 17.7 Å². The van der Waals surface area contributed by atoms with Crippen LogP contribution in [0.25, 0.3) is 0 Å². The monoisotopic (exact) mass is 296 g/mol. The summed E-state index contributed by atoms with van der Waals surface area (Å²) in [6.07, 6.45) is 3.45. The summed E-state index contributed by atoms with van der Waals surface area (Å²) in [6.45, 7) is 4.67. The number of carbonyl (C=O) groups is 1. The lowest BCUT2D eigenvalue weighted by molar-refractivity contribution is -0.107. The third-order valence-corrected chi connectivity index (χ3v) is 4.25. The molecule has 1 fully saturated rings. The minimum Gasteiger partial charge on any atom is -0.315 e. The Morgan fingerprint density at radius 3 is 2.65 bits per heavy atom. The zero-order chi connectivity index (χ0) is 14.8. The molecule has 0 bridgehead atoms. The first-order chi connectivity index (χ1) is 9.52. The summed E-state index contributed by atoms with van der Waals surface area (Å²) < 4.78 is 22.7. The molecular formula is C14H20N2O3S. The van der Waals surface area contributed by atoms with Gasteiger partial charge in [-0.2, -0.15) is 0 Å². The fourth-order valence-corrected chi connectivity index (χ4v) is 3.14. The molecule has 110 valence electrons. The van der Waals surface area contributed by atoms with Crippen LogP contribution in [0, 0.1) is 6.92 Å². The molecule has 0 saturated heterocycles.